The highest BCUT2D eigenvalue weighted by Gasteiger charge is 2.27. The number of hydrogen-bond acceptors (Lipinski definition) is 1. The molecule has 1 aromatic rings. The fourth-order valence-corrected chi connectivity index (χ4v) is 1.64. The zero-order chi connectivity index (χ0) is 12.3. The minimum absolute atomic E-state index is 0.167. The van der Waals surface area contributed by atoms with Gasteiger partial charge in [0, 0.05) is 17.6 Å². The molecule has 88 valence electrons. The second-order valence-corrected chi connectivity index (χ2v) is 5.14. The smallest absolute Gasteiger partial charge is 0.232 e. The molecule has 0 aliphatic heterocycles. The van der Waals surface area contributed by atoms with Crippen LogP contribution in [0.25, 0.3) is 0 Å². The summed E-state index contributed by atoms with van der Waals surface area (Å²) in [4.78, 5) is 14.1. The van der Waals surface area contributed by atoms with Gasteiger partial charge < -0.3 is 4.90 Å². The van der Waals surface area contributed by atoms with Crippen molar-refractivity contribution in [2.75, 3.05) is 11.4 Å². The SMILES string of the molecule is CCN(C(=O)C(C)(C)C)c1cccc(C)c1. The Balaban J connectivity index is 3.04. The molecule has 2 heteroatoms. The van der Waals surface area contributed by atoms with Crippen molar-refractivity contribution in [3.8, 4) is 0 Å². The number of rotatable bonds is 2. The van der Waals surface area contributed by atoms with E-state index in [4.69, 9.17) is 0 Å². The van der Waals surface area contributed by atoms with E-state index in [1.807, 2.05) is 63.8 Å². The Morgan fingerprint density at radius 2 is 1.94 bits per heavy atom. The van der Waals surface area contributed by atoms with Gasteiger partial charge in [0.05, 0.1) is 0 Å². The van der Waals surface area contributed by atoms with Crippen LogP contribution in [0.15, 0.2) is 24.3 Å². The zero-order valence-corrected chi connectivity index (χ0v) is 10.9. The summed E-state index contributed by atoms with van der Waals surface area (Å²) in [7, 11) is 0. The molecule has 0 fully saturated rings. The molecule has 0 aliphatic rings. The molecule has 0 saturated carbocycles. The van der Waals surface area contributed by atoms with E-state index in [2.05, 4.69) is 0 Å². The quantitative estimate of drug-likeness (QED) is 0.746. The standard InChI is InChI=1S/C14H21NO/c1-6-15(13(16)14(3,4)5)12-9-7-8-11(2)10-12/h7-10H,6H2,1-5H3. The number of anilines is 1. The van der Waals surface area contributed by atoms with Crippen LogP contribution in [0.4, 0.5) is 5.69 Å². The lowest BCUT2D eigenvalue weighted by Crippen LogP contribution is -2.39. The first-order valence-corrected chi connectivity index (χ1v) is 5.75. The molecule has 0 radical (unpaired) electrons. The van der Waals surface area contributed by atoms with Crippen LogP contribution in [-0.2, 0) is 4.79 Å². The first kappa shape index (κ1) is 12.8. The predicted octanol–water partition coefficient (Wildman–Crippen LogP) is 3.39. The summed E-state index contributed by atoms with van der Waals surface area (Å²) in [5.41, 5.74) is 1.83. The number of amides is 1. The topological polar surface area (TPSA) is 20.3 Å². The van der Waals surface area contributed by atoms with E-state index < -0.39 is 0 Å². The number of nitrogens with zero attached hydrogens (tertiary/aromatic N) is 1. The van der Waals surface area contributed by atoms with E-state index in [1.54, 1.807) is 0 Å². The molecular weight excluding hydrogens is 198 g/mol. The van der Waals surface area contributed by atoms with Crippen LogP contribution in [0, 0.1) is 12.3 Å². The minimum Gasteiger partial charge on any atom is -0.312 e. The molecule has 0 aliphatic carbocycles. The van der Waals surface area contributed by atoms with Gasteiger partial charge in [0.15, 0.2) is 0 Å². The molecule has 2 nitrogen and oxygen atoms in total. The number of carbonyl (C=O) groups excluding carboxylic acids is 1. The first-order chi connectivity index (χ1) is 7.36. The number of aryl methyl sites for hydroxylation is 1. The van der Waals surface area contributed by atoms with Crippen molar-refractivity contribution in [1.82, 2.24) is 0 Å². The first-order valence-electron chi connectivity index (χ1n) is 5.75. The van der Waals surface area contributed by atoms with Gasteiger partial charge in [0.2, 0.25) is 5.91 Å². The molecule has 1 amide bonds. The molecule has 1 aromatic carbocycles. The third-order valence-corrected chi connectivity index (χ3v) is 2.52. The summed E-state index contributed by atoms with van der Waals surface area (Å²) < 4.78 is 0. The van der Waals surface area contributed by atoms with Crippen molar-refractivity contribution in [3.63, 3.8) is 0 Å². The van der Waals surface area contributed by atoms with Crippen LogP contribution >= 0.6 is 0 Å². The van der Waals surface area contributed by atoms with Crippen molar-refractivity contribution < 1.29 is 4.79 Å². The fourth-order valence-electron chi connectivity index (χ4n) is 1.64. The third kappa shape index (κ3) is 2.84. The van der Waals surface area contributed by atoms with Crippen molar-refractivity contribution in [3.05, 3.63) is 29.8 Å². The van der Waals surface area contributed by atoms with Crippen molar-refractivity contribution in [1.29, 1.82) is 0 Å². The Bertz CT molecular complexity index is 377. The molecule has 16 heavy (non-hydrogen) atoms. The molecule has 0 atom stereocenters. The summed E-state index contributed by atoms with van der Waals surface area (Å²) in [6.07, 6.45) is 0. The number of carbonyl (C=O) groups is 1. The molecule has 1 rings (SSSR count). The van der Waals surface area contributed by atoms with E-state index in [1.165, 1.54) is 5.56 Å². The molecule has 0 spiro atoms. The highest BCUT2D eigenvalue weighted by Crippen LogP contribution is 2.23. The van der Waals surface area contributed by atoms with Crippen LogP contribution in [-0.4, -0.2) is 12.5 Å². The summed E-state index contributed by atoms with van der Waals surface area (Å²) in [5.74, 6) is 0.167. The molecule has 0 unspecified atom stereocenters. The van der Waals surface area contributed by atoms with Gasteiger partial charge in [-0.2, -0.15) is 0 Å². The fraction of sp³-hybridized carbons (Fsp3) is 0.500. The predicted molar refractivity (Wildman–Crippen MR) is 68.7 cm³/mol. The summed E-state index contributed by atoms with van der Waals surface area (Å²) in [5, 5.41) is 0. The largest absolute Gasteiger partial charge is 0.312 e. The van der Waals surface area contributed by atoms with Crippen LogP contribution in [0.1, 0.15) is 33.3 Å². The van der Waals surface area contributed by atoms with E-state index >= 15 is 0 Å². The molecule has 0 bridgehead atoms. The van der Waals surface area contributed by atoms with Gasteiger partial charge in [-0.3, -0.25) is 4.79 Å². The lowest BCUT2D eigenvalue weighted by Gasteiger charge is -2.28. The van der Waals surface area contributed by atoms with Gasteiger partial charge in [-0.1, -0.05) is 32.9 Å². The Morgan fingerprint density at radius 3 is 2.38 bits per heavy atom. The average molecular weight is 219 g/mol. The highest BCUT2D eigenvalue weighted by atomic mass is 16.2. The zero-order valence-electron chi connectivity index (χ0n) is 10.9. The van der Waals surface area contributed by atoms with E-state index in [0.717, 1.165) is 5.69 Å². The monoisotopic (exact) mass is 219 g/mol. The van der Waals surface area contributed by atoms with Gasteiger partial charge in [-0.05, 0) is 31.5 Å². The van der Waals surface area contributed by atoms with Crippen LogP contribution in [0.2, 0.25) is 0 Å². The van der Waals surface area contributed by atoms with Gasteiger partial charge >= 0.3 is 0 Å². The Morgan fingerprint density at radius 1 is 1.31 bits per heavy atom. The van der Waals surface area contributed by atoms with Gasteiger partial charge in [-0.15, -0.1) is 0 Å². The lowest BCUT2D eigenvalue weighted by atomic mass is 9.94. The molecular formula is C14H21NO. The normalized spacial score (nSPS) is 11.3. The Labute approximate surface area is 98.3 Å². The molecule has 0 saturated heterocycles. The maximum Gasteiger partial charge on any atom is 0.232 e. The molecule has 0 heterocycles. The van der Waals surface area contributed by atoms with Crippen molar-refractivity contribution in [2.24, 2.45) is 5.41 Å². The van der Waals surface area contributed by atoms with Crippen LogP contribution < -0.4 is 4.90 Å². The van der Waals surface area contributed by atoms with E-state index in [9.17, 15) is 4.79 Å². The summed E-state index contributed by atoms with van der Waals surface area (Å²) in [6.45, 7) is 10.6. The van der Waals surface area contributed by atoms with Crippen molar-refractivity contribution >= 4 is 11.6 Å². The van der Waals surface area contributed by atoms with Gasteiger partial charge in [-0.25, -0.2) is 0 Å². The Hall–Kier alpha value is -1.31. The lowest BCUT2D eigenvalue weighted by molar-refractivity contribution is -0.125. The number of benzene rings is 1. The van der Waals surface area contributed by atoms with Crippen LogP contribution in [0.3, 0.4) is 0 Å². The Kier molecular flexibility index (Phi) is 3.74. The van der Waals surface area contributed by atoms with Crippen LogP contribution in [0.5, 0.6) is 0 Å². The second kappa shape index (κ2) is 4.69. The van der Waals surface area contributed by atoms with E-state index in [-0.39, 0.29) is 11.3 Å². The number of hydrogen-bond donors (Lipinski definition) is 0. The molecule has 0 N–H and O–H groups in total. The minimum atomic E-state index is -0.334. The molecule has 0 aromatic heterocycles. The maximum absolute atomic E-state index is 12.2. The van der Waals surface area contributed by atoms with Gasteiger partial charge in [0.25, 0.3) is 0 Å². The van der Waals surface area contributed by atoms with E-state index in [0.29, 0.717) is 6.54 Å². The highest BCUT2D eigenvalue weighted by molar-refractivity contribution is 5.96. The van der Waals surface area contributed by atoms with Crippen molar-refractivity contribution in [2.45, 2.75) is 34.6 Å². The summed E-state index contributed by atoms with van der Waals surface area (Å²) >= 11 is 0. The maximum atomic E-state index is 12.2. The van der Waals surface area contributed by atoms with Gasteiger partial charge in [0.1, 0.15) is 0 Å². The summed E-state index contributed by atoms with van der Waals surface area (Å²) in [6, 6.07) is 8.06. The average Bonchev–Trinajstić information content (AvgIpc) is 2.17. The second-order valence-electron chi connectivity index (χ2n) is 5.14. The third-order valence-electron chi connectivity index (χ3n) is 2.52.